The summed E-state index contributed by atoms with van der Waals surface area (Å²) >= 11 is 5.35. The largest absolute Gasteiger partial charge is 0.573 e. The average molecular weight is 589 g/mol. The van der Waals surface area contributed by atoms with Crippen LogP contribution < -0.4 is 20.7 Å². The molecule has 212 valence electrons. The summed E-state index contributed by atoms with van der Waals surface area (Å²) in [5.74, 6) is 0.0595. The van der Waals surface area contributed by atoms with Gasteiger partial charge in [-0.2, -0.15) is 0 Å². The number of carbonyl (C=O) groups excluding carboxylic acids is 1. The van der Waals surface area contributed by atoms with E-state index < -0.39 is 12.4 Å². The van der Waals surface area contributed by atoms with Crippen LogP contribution in [0, 0.1) is 0 Å². The van der Waals surface area contributed by atoms with E-state index in [1.165, 1.54) is 35.3 Å². The van der Waals surface area contributed by atoms with Gasteiger partial charge in [0, 0.05) is 16.9 Å². The zero-order valence-corrected chi connectivity index (χ0v) is 22.6. The van der Waals surface area contributed by atoms with E-state index >= 15 is 0 Å². The van der Waals surface area contributed by atoms with Gasteiger partial charge in [-0.15, -0.1) is 18.3 Å². The van der Waals surface area contributed by atoms with Gasteiger partial charge in [-0.3, -0.25) is 5.32 Å². The van der Waals surface area contributed by atoms with Crippen LogP contribution in [0.3, 0.4) is 0 Å². The van der Waals surface area contributed by atoms with Gasteiger partial charge in [0.2, 0.25) is 0 Å². The number of amides is 2. The van der Waals surface area contributed by atoms with E-state index in [2.05, 4.69) is 30.8 Å². The molecule has 1 aromatic heterocycles. The first-order valence-electron chi connectivity index (χ1n) is 12.6. The minimum atomic E-state index is -4.76. The summed E-state index contributed by atoms with van der Waals surface area (Å²) in [5, 5.41) is 13.0. The molecule has 12 heteroatoms. The van der Waals surface area contributed by atoms with Gasteiger partial charge in [-0.25, -0.2) is 14.5 Å². The topological polar surface area (TPSA) is 93.1 Å². The summed E-state index contributed by atoms with van der Waals surface area (Å²) in [4.78, 5) is 16.8. The third-order valence-electron chi connectivity index (χ3n) is 5.96. The van der Waals surface area contributed by atoms with Gasteiger partial charge in [0.25, 0.3) is 0 Å². The molecular formula is C30H23F3N6O2S. The van der Waals surface area contributed by atoms with Gasteiger partial charge in [-0.1, -0.05) is 48.5 Å². The van der Waals surface area contributed by atoms with E-state index in [-0.39, 0.29) is 10.9 Å². The van der Waals surface area contributed by atoms with Crippen LogP contribution >= 0.6 is 12.2 Å². The first-order chi connectivity index (χ1) is 20.2. The number of aromatic nitrogens is 3. The molecule has 0 saturated heterocycles. The number of para-hydroxylation sites is 1. The third kappa shape index (κ3) is 7.70. The number of hydrogen-bond donors (Lipinski definition) is 3. The number of carbonyl (C=O) groups is 1. The molecule has 0 spiro atoms. The standard InChI is InChI=1S/C30H23F3N6O2S/c31-30(32,33)41-25-16-14-24(15-17-25)39-19-34-27(38-39)21-10-12-23(13-11-21)35-28(40)37-29(42)36-26-9-5-4-8-22(26)18-20-6-2-1-3-7-20/h1-17,19H,18H2,(H3,35,36,37,40,42). The summed E-state index contributed by atoms with van der Waals surface area (Å²) < 4.78 is 42.5. The van der Waals surface area contributed by atoms with Gasteiger partial charge in [0.05, 0.1) is 5.69 Å². The van der Waals surface area contributed by atoms with Crippen molar-refractivity contribution >= 4 is 34.7 Å². The summed E-state index contributed by atoms with van der Waals surface area (Å²) in [6.45, 7) is 0. The molecule has 0 aliphatic rings. The maximum Gasteiger partial charge on any atom is 0.573 e. The summed E-state index contributed by atoms with van der Waals surface area (Å²) in [6, 6.07) is 29.4. The molecular weight excluding hydrogens is 565 g/mol. The molecule has 0 bridgehead atoms. The Kier molecular flexibility index (Phi) is 8.44. The highest BCUT2D eigenvalue weighted by molar-refractivity contribution is 7.80. The van der Waals surface area contributed by atoms with Crippen molar-refractivity contribution in [1.82, 2.24) is 20.1 Å². The molecule has 0 saturated carbocycles. The van der Waals surface area contributed by atoms with Crippen LogP contribution in [0.15, 0.2) is 109 Å². The van der Waals surface area contributed by atoms with Crippen molar-refractivity contribution in [2.75, 3.05) is 10.6 Å². The monoisotopic (exact) mass is 588 g/mol. The molecule has 3 N–H and O–H groups in total. The van der Waals surface area contributed by atoms with E-state index in [1.54, 1.807) is 24.3 Å². The second kappa shape index (κ2) is 12.5. The maximum absolute atomic E-state index is 12.6. The van der Waals surface area contributed by atoms with Crippen molar-refractivity contribution in [3.8, 4) is 22.8 Å². The van der Waals surface area contributed by atoms with Crippen LogP contribution in [0.5, 0.6) is 5.75 Å². The van der Waals surface area contributed by atoms with E-state index in [0.29, 0.717) is 29.2 Å². The summed E-state index contributed by atoms with van der Waals surface area (Å²) in [5.41, 5.74) is 4.68. The highest BCUT2D eigenvalue weighted by Crippen LogP contribution is 2.24. The lowest BCUT2D eigenvalue weighted by Gasteiger charge is -2.14. The van der Waals surface area contributed by atoms with Crippen molar-refractivity contribution in [3.63, 3.8) is 0 Å². The first kappa shape index (κ1) is 28.3. The number of anilines is 2. The van der Waals surface area contributed by atoms with E-state index in [9.17, 15) is 18.0 Å². The fourth-order valence-electron chi connectivity index (χ4n) is 4.05. The highest BCUT2D eigenvalue weighted by Gasteiger charge is 2.31. The number of halogens is 3. The molecule has 5 aromatic rings. The second-order valence-corrected chi connectivity index (χ2v) is 9.39. The smallest absolute Gasteiger partial charge is 0.406 e. The van der Waals surface area contributed by atoms with Gasteiger partial charge in [0.15, 0.2) is 10.9 Å². The predicted octanol–water partition coefficient (Wildman–Crippen LogP) is 6.94. The molecule has 0 fully saturated rings. The molecule has 0 aliphatic heterocycles. The Morgan fingerprint density at radius 1 is 0.857 bits per heavy atom. The Hall–Kier alpha value is -5.23. The average Bonchev–Trinajstić information content (AvgIpc) is 3.45. The number of nitrogens with zero attached hydrogens (tertiary/aromatic N) is 3. The Balaban J connectivity index is 1.15. The molecule has 4 aromatic carbocycles. The summed E-state index contributed by atoms with van der Waals surface area (Å²) in [6.07, 6.45) is -2.61. The Labute approximate surface area is 244 Å². The molecule has 0 atom stereocenters. The summed E-state index contributed by atoms with van der Waals surface area (Å²) in [7, 11) is 0. The molecule has 42 heavy (non-hydrogen) atoms. The lowest BCUT2D eigenvalue weighted by atomic mass is 10.0. The van der Waals surface area contributed by atoms with Crippen LogP contribution in [0.1, 0.15) is 11.1 Å². The van der Waals surface area contributed by atoms with Crippen molar-refractivity contribution in [2.24, 2.45) is 0 Å². The predicted molar refractivity (Wildman–Crippen MR) is 158 cm³/mol. The quantitative estimate of drug-likeness (QED) is 0.178. The lowest BCUT2D eigenvalue weighted by molar-refractivity contribution is -0.274. The molecule has 0 aliphatic carbocycles. The second-order valence-electron chi connectivity index (χ2n) is 8.98. The zero-order valence-electron chi connectivity index (χ0n) is 21.8. The van der Waals surface area contributed by atoms with Crippen LogP contribution in [-0.2, 0) is 6.42 Å². The van der Waals surface area contributed by atoms with Crippen molar-refractivity contribution in [1.29, 1.82) is 0 Å². The van der Waals surface area contributed by atoms with Crippen molar-refractivity contribution in [2.45, 2.75) is 12.8 Å². The van der Waals surface area contributed by atoms with Gasteiger partial charge < -0.3 is 15.4 Å². The van der Waals surface area contributed by atoms with E-state index in [0.717, 1.165) is 16.8 Å². The fraction of sp³-hybridized carbons (Fsp3) is 0.0667. The first-order valence-corrected chi connectivity index (χ1v) is 13.0. The van der Waals surface area contributed by atoms with Gasteiger partial charge >= 0.3 is 12.4 Å². The van der Waals surface area contributed by atoms with Crippen molar-refractivity contribution < 1.29 is 22.7 Å². The third-order valence-corrected chi connectivity index (χ3v) is 6.16. The number of benzene rings is 4. The Morgan fingerprint density at radius 3 is 2.26 bits per heavy atom. The number of hydrogen-bond acceptors (Lipinski definition) is 5. The zero-order chi connectivity index (χ0) is 29.5. The van der Waals surface area contributed by atoms with Crippen LogP contribution in [-0.4, -0.2) is 32.3 Å². The van der Waals surface area contributed by atoms with Gasteiger partial charge in [0.1, 0.15) is 12.1 Å². The highest BCUT2D eigenvalue weighted by atomic mass is 32.1. The number of ether oxygens (including phenoxy) is 1. The minimum absolute atomic E-state index is 0.150. The number of nitrogens with one attached hydrogen (secondary N) is 3. The Morgan fingerprint density at radius 2 is 1.55 bits per heavy atom. The number of urea groups is 1. The van der Waals surface area contributed by atoms with Crippen LogP contribution in [0.2, 0.25) is 0 Å². The number of alkyl halides is 3. The Bertz CT molecular complexity index is 1670. The van der Waals surface area contributed by atoms with E-state index in [1.807, 2.05) is 54.6 Å². The molecule has 8 nitrogen and oxygen atoms in total. The number of rotatable bonds is 7. The molecule has 0 unspecified atom stereocenters. The van der Waals surface area contributed by atoms with Crippen LogP contribution in [0.4, 0.5) is 29.3 Å². The SMILES string of the molecule is O=C(NC(=S)Nc1ccccc1Cc1ccccc1)Nc1ccc(-c2ncn(-c3ccc(OC(F)(F)F)cc3)n2)cc1. The van der Waals surface area contributed by atoms with Crippen molar-refractivity contribution in [3.05, 3.63) is 121 Å². The number of thiocarbonyl (C=S) groups is 1. The normalized spacial score (nSPS) is 11.0. The maximum atomic E-state index is 12.6. The molecule has 1 heterocycles. The van der Waals surface area contributed by atoms with Crippen LogP contribution in [0.25, 0.3) is 17.1 Å². The minimum Gasteiger partial charge on any atom is -0.406 e. The van der Waals surface area contributed by atoms with Gasteiger partial charge in [-0.05, 0) is 84.4 Å². The molecule has 0 radical (unpaired) electrons. The molecule has 5 rings (SSSR count). The fourth-order valence-corrected chi connectivity index (χ4v) is 4.26. The van der Waals surface area contributed by atoms with E-state index in [4.69, 9.17) is 12.2 Å². The molecule has 2 amide bonds. The lowest BCUT2D eigenvalue weighted by Crippen LogP contribution is -2.37.